The first-order valence-corrected chi connectivity index (χ1v) is 26.7. The molecule has 0 spiro atoms. The predicted molar refractivity (Wildman–Crippen MR) is 278 cm³/mol. The molecule has 380 valence electrons. The highest BCUT2D eigenvalue weighted by Gasteiger charge is 2.64. The molecule has 9 heteroatoms. The molecule has 1 amide bonds. The molecule has 1 N–H and O–H groups in total. The molecule has 1 saturated heterocycles. The number of H-pyrrole nitrogens is 1. The van der Waals surface area contributed by atoms with Gasteiger partial charge in [0.1, 0.15) is 24.3 Å². The van der Waals surface area contributed by atoms with Gasteiger partial charge in [-0.15, -0.1) is 6.58 Å². The summed E-state index contributed by atoms with van der Waals surface area (Å²) >= 11 is 0. The summed E-state index contributed by atoms with van der Waals surface area (Å²) in [6.45, 7) is 22.7. The van der Waals surface area contributed by atoms with E-state index in [0.29, 0.717) is 41.1 Å². The largest absolute Gasteiger partial charge is 0.497 e. The Balaban J connectivity index is 0.000000251. The van der Waals surface area contributed by atoms with Crippen LogP contribution in [0.15, 0.2) is 73.4 Å². The zero-order valence-corrected chi connectivity index (χ0v) is 43.1. The van der Waals surface area contributed by atoms with Crippen molar-refractivity contribution in [1.29, 1.82) is 0 Å². The number of hydrogen-bond donors (Lipinski definition) is 1. The van der Waals surface area contributed by atoms with E-state index in [1.165, 1.54) is 64.2 Å². The smallest absolute Gasteiger partial charge is 0.309 e. The van der Waals surface area contributed by atoms with Gasteiger partial charge in [0.25, 0.3) is 0 Å². The highest BCUT2D eigenvalue weighted by molar-refractivity contribution is 5.81. The van der Waals surface area contributed by atoms with Gasteiger partial charge in [-0.2, -0.15) is 0 Å². The van der Waals surface area contributed by atoms with Crippen LogP contribution in [0.1, 0.15) is 170 Å². The van der Waals surface area contributed by atoms with Crippen molar-refractivity contribution in [3.8, 4) is 17.0 Å². The Kier molecular flexibility index (Phi) is 18.2. The number of fused-ring (bicyclic) bond motifs is 7. The van der Waals surface area contributed by atoms with Gasteiger partial charge in [-0.3, -0.25) is 14.4 Å². The standard InChI is InChI=1S/C39H56O4.C15H17N3O2.C3H6.C2H6.CH4/c1-24-28(35(40)42-23-26-10-7-6-8-11-26)22-29(24)36(41)43-33-17-21-38(4)30(25(33)2)16-20-39(5)32-15-19-37(3)18-9-12-31(37)27(32)13-14-34(38)39;1-20-12-6-4-11(5-7-12)13-9-16-15(17-13)14-3-2-8-18(14)10-19;1-3-2;1-2;/h6-8,10-11,24-25,27-34H,9,12-23H2,1-5H3;4-7,9-10,14H,2-3,8H2,1H3,(H,16,17);3H,1H2,2H3;1-2H3;1H4. The molecule has 69 heavy (non-hydrogen) atoms. The Hall–Kier alpha value is -4.40. The van der Waals surface area contributed by atoms with Gasteiger partial charge < -0.3 is 24.1 Å². The second-order valence-electron chi connectivity index (χ2n) is 22.3. The molecule has 1 aromatic heterocycles. The van der Waals surface area contributed by atoms with Gasteiger partial charge in [0, 0.05) is 6.54 Å². The van der Waals surface area contributed by atoms with Crippen molar-refractivity contribution in [1.82, 2.24) is 14.9 Å². The summed E-state index contributed by atoms with van der Waals surface area (Å²) in [5, 5.41) is 0. The number of amides is 1. The van der Waals surface area contributed by atoms with Crippen molar-refractivity contribution in [2.75, 3.05) is 13.7 Å². The van der Waals surface area contributed by atoms with Crippen molar-refractivity contribution in [3.63, 3.8) is 0 Å². The number of nitrogens with one attached hydrogen (secondary N) is 1. The fraction of sp³-hybridized carbons (Fsp3) is 0.667. The average molecular weight is 948 g/mol. The van der Waals surface area contributed by atoms with Gasteiger partial charge in [-0.1, -0.05) is 98.7 Å². The summed E-state index contributed by atoms with van der Waals surface area (Å²) in [6, 6.07) is 17.7. The Bertz CT molecular complexity index is 2140. The number of likely N-dealkylation sites (tertiary alicyclic amines) is 1. The second-order valence-corrected chi connectivity index (χ2v) is 22.3. The molecule has 1 aliphatic heterocycles. The third-order valence-electron chi connectivity index (χ3n) is 19.1. The highest BCUT2D eigenvalue weighted by atomic mass is 16.5. The lowest BCUT2D eigenvalue weighted by Crippen LogP contribution is -2.61. The molecule has 14 atom stereocenters. The lowest BCUT2D eigenvalue weighted by Gasteiger charge is -2.67. The van der Waals surface area contributed by atoms with E-state index in [4.69, 9.17) is 14.2 Å². The lowest BCUT2D eigenvalue weighted by molar-refractivity contribution is -0.205. The van der Waals surface area contributed by atoms with Crippen molar-refractivity contribution < 1.29 is 28.6 Å². The first-order chi connectivity index (χ1) is 32.8. The van der Waals surface area contributed by atoms with Gasteiger partial charge in [0.15, 0.2) is 0 Å². The van der Waals surface area contributed by atoms with Crippen LogP contribution in [0.3, 0.4) is 0 Å². The van der Waals surface area contributed by atoms with Crippen molar-refractivity contribution in [3.05, 3.63) is 84.8 Å². The van der Waals surface area contributed by atoms with Crippen LogP contribution in [-0.4, -0.2) is 53.0 Å². The van der Waals surface area contributed by atoms with Crippen molar-refractivity contribution in [2.24, 2.45) is 69.5 Å². The minimum atomic E-state index is -0.207. The third kappa shape index (κ3) is 10.8. The molecule has 2 heterocycles. The number of aromatic amines is 1. The van der Waals surface area contributed by atoms with Crippen LogP contribution >= 0.6 is 0 Å². The number of carbonyl (C=O) groups excluding carboxylic acids is 3. The summed E-state index contributed by atoms with van der Waals surface area (Å²) in [5.74, 6) is 5.70. The quantitative estimate of drug-likeness (QED) is 0.129. The maximum atomic E-state index is 13.4. The molecule has 10 rings (SSSR count). The first-order valence-electron chi connectivity index (χ1n) is 26.7. The summed E-state index contributed by atoms with van der Waals surface area (Å²) in [4.78, 5) is 46.7. The second kappa shape index (κ2) is 23.2. The van der Waals surface area contributed by atoms with Gasteiger partial charge in [-0.25, -0.2) is 4.98 Å². The van der Waals surface area contributed by atoms with E-state index in [1.54, 1.807) is 18.1 Å². The predicted octanol–water partition coefficient (Wildman–Crippen LogP) is 14.2. The van der Waals surface area contributed by atoms with Crippen molar-refractivity contribution >= 4 is 18.3 Å². The number of carbonyl (C=O) groups is 3. The molecule has 7 aliphatic rings. The summed E-state index contributed by atoms with van der Waals surface area (Å²) < 4.78 is 17.1. The molecule has 0 radical (unpaired) electrons. The highest BCUT2D eigenvalue weighted by Crippen LogP contribution is 2.71. The normalized spacial score (nSPS) is 35.8. The molecular formula is C60H89N3O6. The van der Waals surface area contributed by atoms with Crippen LogP contribution in [0.4, 0.5) is 0 Å². The van der Waals surface area contributed by atoms with Gasteiger partial charge in [0.2, 0.25) is 6.41 Å². The number of esters is 2. The number of imidazole rings is 1. The zero-order valence-electron chi connectivity index (χ0n) is 43.1. The van der Waals surface area contributed by atoms with E-state index in [2.05, 4.69) is 44.2 Å². The summed E-state index contributed by atoms with van der Waals surface area (Å²) in [7, 11) is 1.65. The minimum Gasteiger partial charge on any atom is -0.497 e. The van der Waals surface area contributed by atoms with Crippen LogP contribution in [0.2, 0.25) is 0 Å². The maximum Gasteiger partial charge on any atom is 0.309 e. The number of methoxy groups -OCH3 is 1. The van der Waals surface area contributed by atoms with Crippen LogP contribution < -0.4 is 4.74 Å². The average Bonchev–Trinajstić information content (AvgIpc) is 4.13. The molecule has 9 nitrogen and oxygen atoms in total. The van der Waals surface area contributed by atoms with E-state index in [9.17, 15) is 14.4 Å². The Labute approximate surface area is 416 Å². The van der Waals surface area contributed by atoms with Crippen LogP contribution in [0, 0.1) is 69.5 Å². The van der Waals surface area contributed by atoms with Gasteiger partial charge in [-0.05, 0) is 183 Å². The molecule has 2 aromatic carbocycles. The third-order valence-corrected chi connectivity index (χ3v) is 19.1. The maximum absolute atomic E-state index is 13.4. The number of aromatic nitrogens is 2. The van der Waals surface area contributed by atoms with Crippen LogP contribution in [-0.2, 0) is 30.5 Å². The lowest BCUT2D eigenvalue weighted by atomic mass is 9.38. The number of ether oxygens (including phenoxy) is 3. The monoisotopic (exact) mass is 948 g/mol. The number of hydrogen-bond acceptors (Lipinski definition) is 7. The number of nitrogens with zero attached hydrogens (tertiary/aromatic N) is 2. The van der Waals surface area contributed by atoms with E-state index >= 15 is 0 Å². The molecule has 0 bridgehead atoms. The molecule has 6 aliphatic carbocycles. The Morgan fingerprint density at radius 3 is 2.16 bits per heavy atom. The minimum absolute atomic E-state index is 0. The number of benzene rings is 2. The SMILES string of the molecule is C.C=CC.CC.CC1C(C(=O)OCc2ccccc2)CC1C(=O)OC1CCC2(C)C(CCC3(C)C4CCC5(C)CCCC5C4CCC23)C1C.COc1ccc(-c2cnc(C3CCCN3C=O)[nH]2)cc1. The van der Waals surface area contributed by atoms with Crippen LogP contribution in [0.25, 0.3) is 11.3 Å². The molecule has 6 saturated carbocycles. The van der Waals surface area contributed by atoms with Crippen LogP contribution in [0.5, 0.6) is 5.75 Å². The molecule has 14 unspecified atom stereocenters. The fourth-order valence-electron chi connectivity index (χ4n) is 15.4. The van der Waals surface area contributed by atoms with Gasteiger partial charge >= 0.3 is 11.9 Å². The molecular weight excluding hydrogens is 859 g/mol. The zero-order chi connectivity index (χ0) is 48.8. The van der Waals surface area contributed by atoms with Gasteiger partial charge in [0.05, 0.1) is 36.9 Å². The van der Waals surface area contributed by atoms with E-state index in [-0.39, 0.29) is 49.3 Å². The number of allylic oxidation sites excluding steroid dienone is 1. The van der Waals surface area contributed by atoms with Crippen molar-refractivity contribution in [2.45, 2.75) is 171 Å². The topological polar surface area (TPSA) is 111 Å². The summed E-state index contributed by atoms with van der Waals surface area (Å²) in [5.41, 5.74) is 4.47. The molecule has 7 fully saturated rings. The van der Waals surface area contributed by atoms with E-state index in [1.807, 2.05) is 88.5 Å². The molecule has 3 aromatic rings. The summed E-state index contributed by atoms with van der Waals surface area (Å²) in [6.07, 6.45) is 22.1. The fourth-order valence-corrected chi connectivity index (χ4v) is 15.4. The Morgan fingerprint density at radius 1 is 0.812 bits per heavy atom. The van der Waals surface area contributed by atoms with E-state index < -0.39 is 0 Å². The first kappa shape index (κ1) is 53.9. The Morgan fingerprint density at radius 2 is 1.48 bits per heavy atom. The van der Waals surface area contributed by atoms with E-state index in [0.717, 1.165) is 84.3 Å². The number of rotatable bonds is 9.